The number of aromatic nitrogens is 1. The standard InChI is InChI=1S/C21H22N2O2/c1-14-7-8-15(2)20(11-14)25-13-21(24)23-10-9-19-17(12-23)16-5-3-4-6-18(16)22-19/h3-8,11,22H,9-10,12-13H2,1-2H3. The summed E-state index contributed by atoms with van der Waals surface area (Å²) in [4.78, 5) is 18.0. The van der Waals surface area contributed by atoms with Crippen LogP contribution < -0.4 is 4.74 Å². The largest absolute Gasteiger partial charge is 0.483 e. The molecule has 0 radical (unpaired) electrons. The van der Waals surface area contributed by atoms with E-state index in [2.05, 4.69) is 17.1 Å². The van der Waals surface area contributed by atoms with Crippen molar-refractivity contribution in [2.45, 2.75) is 26.8 Å². The van der Waals surface area contributed by atoms with Crippen molar-refractivity contribution in [1.29, 1.82) is 0 Å². The molecule has 0 bridgehead atoms. The van der Waals surface area contributed by atoms with Crippen LogP contribution >= 0.6 is 0 Å². The van der Waals surface area contributed by atoms with Crippen molar-refractivity contribution in [3.8, 4) is 5.75 Å². The summed E-state index contributed by atoms with van der Waals surface area (Å²) >= 11 is 0. The maximum absolute atomic E-state index is 12.6. The molecule has 4 heteroatoms. The van der Waals surface area contributed by atoms with Crippen molar-refractivity contribution in [3.05, 3.63) is 64.8 Å². The van der Waals surface area contributed by atoms with Gasteiger partial charge in [-0.25, -0.2) is 0 Å². The van der Waals surface area contributed by atoms with Crippen LogP contribution in [0.5, 0.6) is 5.75 Å². The van der Waals surface area contributed by atoms with Crippen LogP contribution in [0.25, 0.3) is 10.9 Å². The Morgan fingerprint density at radius 3 is 2.92 bits per heavy atom. The third-order valence-corrected chi connectivity index (χ3v) is 4.93. The van der Waals surface area contributed by atoms with Gasteiger partial charge >= 0.3 is 0 Å². The fourth-order valence-electron chi connectivity index (χ4n) is 3.47. The second kappa shape index (κ2) is 6.28. The van der Waals surface area contributed by atoms with E-state index in [1.165, 1.54) is 16.6 Å². The number of hydrogen-bond donors (Lipinski definition) is 1. The number of fused-ring (bicyclic) bond motifs is 3. The molecule has 1 aliphatic heterocycles. The van der Waals surface area contributed by atoms with E-state index in [4.69, 9.17) is 4.74 Å². The Kier molecular flexibility index (Phi) is 3.96. The SMILES string of the molecule is Cc1ccc(C)c(OCC(=O)N2CCc3[nH]c4ccccc4c3C2)c1. The number of nitrogens with one attached hydrogen (secondary N) is 1. The second-order valence-corrected chi connectivity index (χ2v) is 6.75. The minimum Gasteiger partial charge on any atom is -0.483 e. The lowest BCUT2D eigenvalue weighted by Gasteiger charge is -2.27. The predicted molar refractivity (Wildman–Crippen MR) is 98.8 cm³/mol. The molecule has 0 saturated carbocycles. The summed E-state index contributed by atoms with van der Waals surface area (Å²) in [6.45, 7) is 5.49. The molecule has 0 aliphatic carbocycles. The minimum absolute atomic E-state index is 0.0387. The fraction of sp³-hybridized carbons (Fsp3) is 0.286. The monoisotopic (exact) mass is 334 g/mol. The Hall–Kier alpha value is -2.75. The maximum Gasteiger partial charge on any atom is 0.260 e. The molecule has 1 aliphatic rings. The smallest absolute Gasteiger partial charge is 0.260 e. The molecule has 0 spiro atoms. The van der Waals surface area contributed by atoms with Gasteiger partial charge in [-0.05, 0) is 37.1 Å². The number of ether oxygens (including phenoxy) is 1. The Balaban J connectivity index is 1.48. The summed E-state index contributed by atoms with van der Waals surface area (Å²) in [5.74, 6) is 0.829. The second-order valence-electron chi connectivity index (χ2n) is 6.75. The quantitative estimate of drug-likeness (QED) is 0.793. The number of benzene rings is 2. The number of aromatic amines is 1. The number of nitrogens with zero attached hydrogens (tertiary/aromatic N) is 1. The van der Waals surface area contributed by atoms with Crippen molar-refractivity contribution in [2.24, 2.45) is 0 Å². The van der Waals surface area contributed by atoms with Crippen molar-refractivity contribution in [3.63, 3.8) is 0 Å². The molecule has 0 fully saturated rings. The van der Waals surface area contributed by atoms with Gasteiger partial charge in [0.2, 0.25) is 0 Å². The molecular formula is C21H22N2O2. The summed E-state index contributed by atoms with van der Waals surface area (Å²) < 4.78 is 5.79. The first-order valence-corrected chi connectivity index (χ1v) is 8.68. The van der Waals surface area contributed by atoms with Gasteiger partial charge < -0.3 is 14.6 Å². The van der Waals surface area contributed by atoms with E-state index in [1.54, 1.807) is 0 Å². The van der Waals surface area contributed by atoms with Gasteiger partial charge in [0, 0.05) is 41.7 Å². The zero-order valence-electron chi connectivity index (χ0n) is 14.6. The first-order chi connectivity index (χ1) is 12.1. The predicted octanol–water partition coefficient (Wildman–Crippen LogP) is 3.75. The maximum atomic E-state index is 12.6. The average molecular weight is 334 g/mol. The van der Waals surface area contributed by atoms with Crippen LogP contribution in [0.1, 0.15) is 22.4 Å². The molecule has 4 nitrogen and oxygen atoms in total. The third kappa shape index (κ3) is 3.00. The first kappa shape index (κ1) is 15.8. The number of carbonyl (C=O) groups excluding carboxylic acids is 1. The molecule has 4 rings (SSSR count). The number of amides is 1. The fourth-order valence-corrected chi connectivity index (χ4v) is 3.47. The van der Waals surface area contributed by atoms with E-state index in [-0.39, 0.29) is 12.5 Å². The van der Waals surface area contributed by atoms with Crippen LogP contribution in [0.2, 0.25) is 0 Å². The zero-order chi connectivity index (χ0) is 17.4. The Labute approximate surface area is 147 Å². The van der Waals surface area contributed by atoms with Crippen molar-refractivity contribution < 1.29 is 9.53 Å². The summed E-state index contributed by atoms with van der Waals surface area (Å²) in [5.41, 5.74) is 5.82. The molecule has 0 saturated heterocycles. The third-order valence-electron chi connectivity index (χ3n) is 4.93. The highest BCUT2D eigenvalue weighted by Gasteiger charge is 2.24. The number of aryl methyl sites for hydroxylation is 2. The Morgan fingerprint density at radius 1 is 1.20 bits per heavy atom. The molecule has 0 atom stereocenters. The lowest BCUT2D eigenvalue weighted by Crippen LogP contribution is -2.38. The Morgan fingerprint density at radius 2 is 2.04 bits per heavy atom. The van der Waals surface area contributed by atoms with Gasteiger partial charge in [0.25, 0.3) is 5.91 Å². The highest BCUT2D eigenvalue weighted by molar-refractivity contribution is 5.86. The van der Waals surface area contributed by atoms with E-state index in [0.717, 1.165) is 35.4 Å². The summed E-state index contributed by atoms with van der Waals surface area (Å²) in [5, 5.41) is 1.21. The molecule has 25 heavy (non-hydrogen) atoms. The highest BCUT2D eigenvalue weighted by atomic mass is 16.5. The van der Waals surface area contributed by atoms with Crippen molar-refractivity contribution >= 4 is 16.8 Å². The normalized spacial score (nSPS) is 13.8. The van der Waals surface area contributed by atoms with E-state index < -0.39 is 0 Å². The first-order valence-electron chi connectivity index (χ1n) is 8.68. The van der Waals surface area contributed by atoms with Gasteiger partial charge in [-0.2, -0.15) is 0 Å². The average Bonchev–Trinajstić information content (AvgIpc) is 3.00. The van der Waals surface area contributed by atoms with E-state index in [0.29, 0.717) is 6.54 Å². The van der Waals surface area contributed by atoms with Crippen LogP contribution in [0, 0.1) is 13.8 Å². The molecule has 1 amide bonds. The topological polar surface area (TPSA) is 45.3 Å². The van der Waals surface area contributed by atoms with Gasteiger partial charge in [0.1, 0.15) is 5.75 Å². The van der Waals surface area contributed by atoms with Gasteiger partial charge in [0.15, 0.2) is 6.61 Å². The van der Waals surface area contributed by atoms with Gasteiger partial charge in [-0.1, -0.05) is 30.3 Å². The molecule has 2 aromatic carbocycles. The number of carbonyl (C=O) groups is 1. The number of rotatable bonds is 3. The van der Waals surface area contributed by atoms with Gasteiger partial charge in [-0.3, -0.25) is 4.79 Å². The zero-order valence-corrected chi connectivity index (χ0v) is 14.6. The number of para-hydroxylation sites is 1. The van der Waals surface area contributed by atoms with Crippen LogP contribution in [-0.4, -0.2) is 28.9 Å². The van der Waals surface area contributed by atoms with E-state index >= 15 is 0 Å². The van der Waals surface area contributed by atoms with Crippen molar-refractivity contribution in [2.75, 3.05) is 13.2 Å². The Bertz CT molecular complexity index is 942. The lowest BCUT2D eigenvalue weighted by atomic mass is 10.0. The molecule has 0 unspecified atom stereocenters. The number of H-pyrrole nitrogens is 1. The van der Waals surface area contributed by atoms with Crippen LogP contribution in [0.15, 0.2) is 42.5 Å². The van der Waals surface area contributed by atoms with Crippen LogP contribution in [0.4, 0.5) is 0 Å². The minimum atomic E-state index is 0.0387. The van der Waals surface area contributed by atoms with Gasteiger partial charge in [0.05, 0.1) is 0 Å². The lowest BCUT2D eigenvalue weighted by molar-refractivity contribution is -0.134. The number of hydrogen-bond acceptors (Lipinski definition) is 2. The van der Waals surface area contributed by atoms with E-state index in [9.17, 15) is 4.79 Å². The highest BCUT2D eigenvalue weighted by Crippen LogP contribution is 2.27. The van der Waals surface area contributed by atoms with Crippen LogP contribution in [-0.2, 0) is 17.8 Å². The van der Waals surface area contributed by atoms with E-state index in [1.807, 2.05) is 49.1 Å². The summed E-state index contributed by atoms with van der Waals surface area (Å²) in [6.07, 6.45) is 0.860. The molecule has 128 valence electrons. The van der Waals surface area contributed by atoms with Gasteiger partial charge in [-0.15, -0.1) is 0 Å². The molecule has 3 aromatic rings. The molecule has 2 heterocycles. The summed E-state index contributed by atoms with van der Waals surface area (Å²) in [7, 11) is 0. The summed E-state index contributed by atoms with van der Waals surface area (Å²) in [6, 6.07) is 14.3. The molecule has 1 N–H and O–H groups in total. The molecular weight excluding hydrogens is 312 g/mol. The molecule has 1 aromatic heterocycles. The van der Waals surface area contributed by atoms with Crippen molar-refractivity contribution in [1.82, 2.24) is 9.88 Å². The van der Waals surface area contributed by atoms with Crippen LogP contribution in [0.3, 0.4) is 0 Å².